The molecule has 3 rings (SSSR count). The predicted molar refractivity (Wildman–Crippen MR) is 240 cm³/mol. The van der Waals surface area contributed by atoms with Crippen LogP contribution < -0.4 is 22.5 Å². The summed E-state index contributed by atoms with van der Waals surface area (Å²) in [5, 5.41) is 3.82. The lowest BCUT2D eigenvalue weighted by Crippen LogP contribution is -2.62. The lowest BCUT2D eigenvalue weighted by Gasteiger charge is -2.63. The average molecular weight is 791 g/mol. The van der Waals surface area contributed by atoms with Gasteiger partial charge in [0, 0.05) is 31.8 Å². The third kappa shape index (κ3) is 15.3. The van der Waals surface area contributed by atoms with E-state index in [1.807, 2.05) is 0 Å². The van der Waals surface area contributed by atoms with Gasteiger partial charge in [-0.15, -0.1) is 0 Å². The second kappa shape index (κ2) is 29.1. The van der Waals surface area contributed by atoms with Gasteiger partial charge in [0.05, 0.1) is 12.2 Å². The van der Waals surface area contributed by atoms with Gasteiger partial charge in [-0.2, -0.15) is 0 Å². The molecule has 3 saturated carbocycles. The van der Waals surface area contributed by atoms with Gasteiger partial charge in [0.15, 0.2) is 0 Å². The van der Waals surface area contributed by atoms with Crippen molar-refractivity contribution in [1.29, 1.82) is 0 Å². The molecule has 7 nitrogen and oxygen atoms in total. The molecule has 0 aromatic heterocycles. The fraction of sp³-hybridized carbons (Fsp3) is 1.00. The van der Waals surface area contributed by atoms with Crippen molar-refractivity contribution in [3.63, 3.8) is 0 Å². The van der Waals surface area contributed by atoms with E-state index in [1.165, 1.54) is 129 Å². The first-order valence-corrected chi connectivity index (χ1v) is 24.9. The van der Waals surface area contributed by atoms with Gasteiger partial charge in [-0.05, 0) is 144 Å². The summed E-state index contributed by atoms with van der Waals surface area (Å²) in [6.45, 7) is 20.1. The summed E-state index contributed by atoms with van der Waals surface area (Å²) < 4.78 is 20.1. The molecule has 0 aliphatic heterocycles. The van der Waals surface area contributed by atoms with Crippen molar-refractivity contribution in [3.8, 4) is 0 Å². The molecule has 0 aromatic carbocycles. The second-order valence-electron chi connectivity index (χ2n) is 19.4. The topological polar surface area (TPSA) is 118 Å². The lowest BCUT2D eigenvalue weighted by atomic mass is 9.44. The van der Waals surface area contributed by atoms with Crippen molar-refractivity contribution in [3.05, 3.63) is 0 Å². The van der Waals surface area contributed by atoms with Crippen molar-refractivity contribution < 1.29 is 14.2 Å². The lowest BCUT2D eigenvalue weighted by molar-refractivity contribution is -0.218. The van der Waals surface area contributed by atoms with E-state index in [2.05, 4.69) is 39.9 Å². The number of nitrogens with one attached hydrogen (secondary N) is 1. The average Bonchev–Trinajstić information content (AvgIpc) is 3.56. The van der Waals surface area contributed by atoms with Gasteiger partial charge in [-0.3, -0.25) is 0 Å². The van der Waals surface area contributed by atoms with Crippen LogP contribution in [0.2, 0.25) is 0 Å². The normalized spacial score (nSPS) is 30.8. The Bertz CT molecular complexity index is 956. The molecule has 2 unspecified atom stereocenters. The first kappa shape index (κ1) is 50.1. The van der Waals surface area contributed by atoms with E-state index in [1.54, 1.807) is 0 Å². The summed E-state index contributed by atoms with van der Waals surface area (Å²) in [5.41, 5.74) is 18.2. The molecule has 56 heavy (non-hydrogen) atoms. The minimum absolute atomic E-state index is 0.166. The van der Waals surface area contributed by atoms with Crippen LogP contribution in [0.1, 0.15) is 195 Å². The highest BCUT2D eigenvalue weighted by molar-refractivity contribution is 5.14. The summed E-state index contributed by atoms with van der Waals surface area (Å²) in [4.78, 5) is 0. The van der Waals surface area contributed by atoms with Crippen LogP contribution in [0.5, 0.6) is 0 Å². The highest BCUT2D eigenvalue weighted by Gasteiger charge is 2.65. The molecule has 10 atom stereocenters. The third-order valence-electron chi connectivity index (χ3n) is 15.8. The van der Waals surface area contributed by atoms with Crippen molar-refractivity contribution in [1.82, 2.24) is 5.32 Å². The van der Waals surface area contributed by atoms with E-state index in [0.717, 1.165) is 71.5 Å². The Morgan fingerprint density at radius 1 is 0.625 bits per heavy atom. The summed E-state index contributed by atoms with van der Waals surface area (Å²) in [7, 11) is 0. The Kier molecular flexibility index (Phi) is 26.0. The number of rotatable bonds is 35. The highest BCUT2D eigenvalue weighted by atomic mass is 16.5. The maximum absolute atomic E-state index is 7.06. The zero-order valence-electron chi connectivity index (χ0n) is 38.1. The van der Waals surface area contributed by atoms with E-state index >= 15 is 0 Å². The molecule has 0 bridgehead atoms. The predicted octanol–water partition coefficient (Wildman–Crippen LogP) is 10.8. The number of nitrogens with two attached hydrogens (primary N) is 3. The van der Waals surface area contributed by atoms with Crippen molar-refractivity contribution in [2.75, 3.05) is 59.2 Å². The third-order valence-corrected chi connectivity index (χ3v) is 15.8. The molecule has 0 amide bonds. The molecule has 3 fully saturated rings. The van der Waals surface area contributed by atoms with Gasteiger partial charge in [0.25, 0.3) is 0 Å². The smallest absolute Gasteiger partial charge is 0.0637 e. The minimum atomic E-state index is 0.166. The van der Waals surface area contributed by atoms with E-state index in [4.69, 9.17) is 31.4 Å². The monoisotopic (exact) mass is 791 g/mol. The van der Waals surface area contributed by atoms with Crippen LogP contribution in [-0.2, 0) is 14.2 Å². The molecule has 0 heterocycles. The molecule has 3 aliphatic rings. The van der Waals surface area contributed by atoms with Crippen LogP contribution in [0.3, 0.4) is 0 Å². The minimum Gasteiger partial charge on any atom is -0.381 e. The number of ether oxygens (including phenoxy) is 3. The summed E-state index contributed by atoms with van der Waals surface area (Å²) >= 11 is 0. The first-order chi connectivity index (χ1) is 27.3. The molecule has 7 heteroatoms. The number of hydrogen-bond donors (Lipinski definition) is 4. The van der Waals surface area contributed by atoms with Crippen LogP contribution in [-0.4, -0.2) is 71.4 Å². The largest absolute Gasteiger partial charge is 0.381 e. The van der Waals surface area contributed by atoms with E-state index in [0.29, 0.717) is 61.2 Å². The standard InChI is InChI=1S/C49H98N4O3/c1-6-8-9-10-11-12-13-14-15-16-17-18-19-20-32-53-33-21-25-40(3)42-26-27-43-47-44(39-46(49(42,43)5)56-36-24-31-52)48(4,7-2)41(28-37-54-34-22-29-50)38-45(47)55-35-23-30-51/h40-47,53H,6-39,50-52H2,1-5H3/t40-,41?,42-,43+,44+,45-,46+,47?,48+,49-/m1/s1. The van der Waals surface area contributed by atoms with Crippen molar-refractivity contribution >= 4 is 0 Å². The number of hydrogen-bond acceptors (Lipinski definition) is 7. The van der Waals surface area contributed by atoms with Crippen LogP contribution in [0.25, 0.3) is 0 Å². The van der Waals surface area contributed by atoms with E-state index in [9.17, 15) is 0 Å². The van der Waals surface area contributed by atoms with Gasteiger partial charge >= 0.3 is 0 Å². The van der Waals surface area contributed by atoms with E-state index in [-0.39, 0.29) is 16.9 Å². The molecule has 3 aliphatic carbocycles. The maximum Gasteiger partial charge on any atom is 0.0637 e. The molecule has 0 saturated heterocycles. The fourth-order valence-electron chi connectivity index (χ4n) is 12.3. The summed E-state index contributed by atoms with van der Waals surface area (Å²) in [6, 6.07) is 0. The molecular formula is C49H98N4O3. The number of unbranched alkanes of at least 4 members (excludes halogenated alkanes) is 13. The second-order valence-corrected chi connectivity index (χ2v) is 19.4. The van der Waals surface area contributed by atoms with Crippen molar-refractivity contribution in [2.24, 2.45) is 63.5 Å². The zero-order valence-corrected chi connectivity index (χ0v) is 38.1. The Morgan fingerprint density at radius 3 is 1.80 bits per heavy atom. The van der Waals surface area contributed by atoms with Gasteiger partial charge in [0.2, 0.25) is 0 Å². The van der Waals surface area contributed by atoms with Gasteiger partial charge in [-0.25, -0.2) is 0 Å². The van der Waals surface area contributed by atoms with Gasteiger partial charge < -0.3 is 36.7 Å². The van der Waals surface area contributed by atoms with Gasteiger partial charge in [-0.1, -0.05) is 125 Å². The Hall–Kier alpha value is -0.280. The fourth-order valence-corrected chi connectivity index (χ4v) is 12.3. The molecule has 0 spiro atoms. The van der Waals surface area contributed by atoms with Crippen LogP contribution in [0, 0.1) is 46.3 Å². The number of fused-ring (bicyclic) bond motifs is 3. The maximum atomic E-state index is 7.06. The first-order valence-electron chi connectivity index (χ1n) is 24.9. The zero-order chi connectivity index (χ0) is 40.5. The summed E-state index contributed by atoms with van der Waals surface area (Å²) in [5.74, 6) is 3.76. The van der Waals surface area contributed by atoms with E-state index < -0.39 is 0 Å². The Balaban J connectivity index is 1.52. The van der Waals surface area contributed by atoms with Crippen LogP contribution in [0.15, 0.2) is 0 Å². The molecule has 332 valence electrons. The Labute approximate surface area is 348 Å². The van der Waals surface area contributed by atoms with Crippen molar-refractivity contribution in [2.45, 2.75) is 207 Å². The SMILES string of the molecule is CCCCCCCCCCCCCCCCNCCC[C@@H](C)[C@H]1CC[C@H]2C3[C@H](OCCCN)CC(CCOCCCN)[C@](C)(CC)[C@H]3C[C@H](OCCCN)[C@]12C. The highest BCUT2D eigenvalue weighted by Crippen LogP contribution is 2.68. The Morgan fingerprint density at radius 2 is 1.20 bits per heavy atom. The quantitative estimate of drug-likeness (QED) is 0.0472. The summed E-state index contributed by atoms with van der Waals surface area (Å²) in [6.07, 6.45) is 33.1. The molecule has 0 aromatic rings. The van der Waals surface area contributed by atoms with Crippen LogP contribution in [0.4, 0.5) is 0 Å². The van der Waals surface area contributed by atoms with Gasteiger partial charge in [0.1, 0.15) is 0 Å². The molecule has 7 N–H and O–H groups in total. The molecule has 0 radical (unpaired) electrons. The molecular weight excluding hydrogens is 693 g/mol. The van der Waals surface area contributed by atoms with Crippen LogP contribution >= 0.6 is 0 Å².